The van der Waals surface area contributed by atoms with Crippen molar-refractivity contribution in [3.63, 3.8) is 0 Å². The molecule has 7 nitrogen and oxygen atoms in total. The molecule has 0 heterocycles. The lowest BCUT2D eigenvalue weighted by Crippen LogP contribution is -2.30. The molecule has 0 aromatic heterocycles. The molecule has 2 aromatic rings. The van der Waals surface area contributed by atoms with Gasteiger partial charge >= 0.3 is 5.97 Å². The van der Waals surface area contributed by atoms with Crippen LogP contribution in [0.1, 0.15) is 34.6 Å². The number of hydrogen-bond acceptors (Lipinski definition) is 5. The average molecular weight is 369 g/mol. The molecule has 27 heavy (non-hydrogen) atoms. The zero-order chi connectivity index (χ0) is 19.8. The number of carbonyl (C=O) groups excluding carboxylic acids is 3. The van der Waals surface area contributed by atoms with Crippen LogP contribution in [0.15, 0.2) is 48.5 Å². The van der Waals surface area contributed by atoms with Crippen LogP contribution in [0, 0.1) is 0 Å². The normalized spacial score (nSPS) is 10.2. The number of anilines is 2. The Balaban J connectivity index is 1.90. The summed E-state index contributed by atoms with van der Waals surface area (Å²) in [7, 11) is 1.31. The predicted molar refractivity (Wildman–Crippen MR) is 104 cm³/mol. The molecule has 0 bridgehead atoms. The van der Waals surface area contributed by atoms with Crippen molar-refractivity contribution in [3.8, 4) is 0 Å². The third-order valence-corrected chi connectivity index (χ3v) is 3.59. The maximum Gasteiger partial charge on any atom is 0.337 e. The van der Waals surface area contributed by atoms with Gasteiger partial charge in [0, 0.05) is 23.0 Å². The van der Waals surface area contributed by atoms with E-state index >= 15 is 0 Å². The van der Waals surface area contributed by atoms with Gasteiger partial charge in [-0.2, -0.15) is 0 Å². The van der Waals surface area contributed by atoms with Gasteiger partial charge in [0.1, 0.15) is 0 Å². The third kappa shape index (κ3) is 6.14. The lowest BCUT2D eigenvalue weighted by atomic mass is 10.1. The molecule has 0 unspecified atom stereocenters. The van der Waals surface area contributed by atoms with Crippen molar-refractivity contribution in [2.75, 3.05) is 24.3 Å². The molecule has 0 spiro atoms. The van der Waals surface area contributed by atoms with E-state index < -0.39 is 5.97 Å². The van der Waals surface area contributed by atoms with Gasteiger partial charge in [-0.1, -0.05) is 6.07 Å². The minimum Gasteiger partial charge on any atom is -0.465 e. The van der Waals surface area contributed by atoms with E-state index in [-0.39, 0.29) is 24.4 Å². The van der Waals surface area contributed by atoms with Crippen LogP contribution in [0.5, 0.6) is 0 Å². The van der Waals surface area contributed by atoms with Gasteiger partial charge in [0.05, 0.1) is 19.2 Å². The molecule has 0 radical (unpaired) electrons. The Morgan fingerprint density at radius 3 is 2.30 bits per heavy atom. The summed E-state index contributed by atoms with van der Waals surface area (Å²) >= 11 is 0. The van der Waals surface area contributed by atoms with Crippen molar-refractivity contribution >= 4 is 29.2 Å². The molecule has 2 aromatic carbocycles. The number of methoxy groups -OCH3 is 1. The van der Waals surface area contributed by atoms with Crippen LogP contribution in [0.25, 0.3) is 0 Å². The van der Waals surface area contributed by atoms with Gasteiger partial charge in [-0.15, -0.1) is 0 Å². The fourth-order valence-corrected chi connectivity index (χ4v) is 2.31. The summed E-state index contributed by atoms with van der Waals surface area (Å²) in [4.78, 5) is 35.5. The maximum atomic E-state index is 12.1. The van der Waals surface area contributed by atoms with Crippen LogP contribution in [0.3, 0.4) is 0 Å². The first kappa shape index (κ1) is 20.0. The molecule has 3 N–H and O–H groups in total. The molecule has 2 rings (SSSR count). The van der Waals surface area contributed by atoms with Crippen molar-refractivity contribution in [1.82, 2.24) is 5.32 Å². The van der Waals surface area contributed by atoms with Gasteiger partial charge < -0.3 is 20.7 Å². The van der Waals surface area contributed by atoms with Crippen LogP contribution in [-0.4, -0.2) is 37.5 Å². The Morgan fingerprint density at radius 1 is 0.963 bits per heavy atom. The van der Waals surface area contributed by atoms with E-state index in [1.165, 1.54) is 7.11 Å². The Kier molecular flexibility index (Phi) is 6.93. The first-order chi connectivity index (χ1) is 12.9. The van der Waals surface area contributed by atoms with Crippen LogP contribution in [-0.2, 0) is 9.53 Å². The maximum absolute atomic E-state index is 12.1. The number of nitrogens with one attached hydrogen (secondary N) is 3. The Bertz CT molecular complexity index is 816. The molecule has 0 fully saturated rings. The summed E-state index contributed by atoms with van der Waals surface area (Å²) < 4.78 is 4.63. The van der Waals surface area contributed by atoms with E-state index in [0.717, 1.165) is 0 Å². The van der Waals surface area contributed by atoms with Gasteiger partial charge in [-0.05, 0) is 56.3 Å². The molecular weight excluding hydrogens is 346 g/mol. The second-order valence-corrected chi connectivity index (χ2v) is 6.18. The van der Waals surface area contributed by atoms with E-state index in [0.29, 0.717) is 22.5 Å². The van der Waals surface area contributed by atoms with E-state index in [1.807, 2.05) is 13.8 Å². The monoisotopic (exact) mass is 369 g/mol. The second kappa shape index (κ2) is 9.38. The van der Waals surface area contributed by atoms with Crippen molar-refractivity contribution in [1.29, 1.82) is 0 Å². The molecule has 2 amide bonds. The van der Waals surface area contributed by atoms with Crippen molar-refractivity contribution in [2.45, 2.75) is 19.9 Å². The van der Waals surface area contributed by atoms with E-state index in [9.17, 15) is 14.4 Å². The molecule has 0 saturated heterocycles. The Morgan fingerprint density at radius 2 is 1.67 bits per heavy atom. The standard InChI is InChI=1S/C20H23N3O4/c1-13(2)22-19(25)15-5-4-6-17(11-15)21-12-18(24)23-16-9-7-14(8-10-16)20(26)27-3/h4-11,13,21H,12H2,1-3H3,(H,22,25)(H,23,24). The highest BCUT2D eigenvalue weighted by Crippen LogP contribution is 2.12. The fourth-order valence-electron chi connectivity index (χ4n) is 2.31. The molecule has 0 saturated carbocycles. The predicted octanol–water partition coefficient (Wildman–Crippen LogP) is 2.66. The van der Waals surface area contributed by atoms with Crippen LogP contribution < -0.4 is 16.0 Å². The molecule has 0 aliphatic carbocycles. The number of hydrogen-bond donors (Lipinski definition) is 3. The number of carbonyl (C=O) groups is 3. The van der Waals surface area contributed by atoms with Gasteiger partial charge in [0.2, 0.25) is 5.91 Å². The number of esters is 1. The molecule has 7 heteroatoms. The minimum atomic E-state index is -0.434. The molecule has 0 aliphatic heterocycles. The summed E-state index contributed by atoms with van der Waals surface area (Å²) in [5.41, 5.74) is 2.17. The second-order valence-electron chi connectivity index (χ2n) is 6.18. The molecule has 142 valence electrons. The highest BCUT2D eigenvalue weighted by atomic mass is 16.5. The minimum absolute atomic E-state index is 0.0357. The Hall–Kier alpha value is -3.35. The highest BCUT2D eigenvalue weighted by molar-refractivity contribution is 5.96. The topological polar surface area (TPSA) is 96.5 Å². The van der Waals surface area contributed by atoms with E-state index in [4.69, 9.17) is 0 Å². The summed E-state index contributed by atoms with van der Waals surface area (Å²) in [6.07, 6.45) is 0. The summed E-state index contributed by atoms with van der Waals surface area (Å²) in [5.74, 6) is -0.849. The largest absolute Gasteiger partial charge is 0.465 e. The molecule has 0 atom stereocenters. The van der Waals surface area contributed by atoms with Crippen molar-refractivity contribution in [2.24, 2.45) is 0 Å². The number of rotatable bonds is 7. The van der Waals surface area contributed by atoms with Gasteiger partial charge in [-0.3, -0.25) is 9.59 Å². The third-order valence-electron chi connectivity index (χ3n) is 3.59. The van der Waals surface area contributed by atoms with Crippen molar-refractivity contribution < 1.29 is 19.1 Å². The highest BCUT2D eigenvalue weighted by Gasteiger charge is 2.09. The summed E-state index contributed by atoms with van der Waals surface area (Å²) in [5, 5.41) is 8.53. The first-order valence-electron chi connectivity index (χ1n) is 8.52. The summed E-state index contributed by atoms with van der Waals surface area (Å²) in [6.45, 7) is 3.82. The van der Waals surface area contributed by atoms with Crippen LogP contribution >= 0.6 is 0 Å². The van der Waals surface area contributed by atoms with Crippen LogP contribution in [0.4, 0.5) is 11.4 Å². The molecule has 0 aliphatic rings. The van der Waals surface area contributed by atoms with Gasteiger partial charge in [0.15, 0.2) is 0 Å². The first-order valence-corrected chi connectivity index (χ1v) is 8.52. The lowest BCUT2D eigenvalue weighted by molar-refractivity contribution is -0.114. The Labute approximate surface area is 158 Å². The zero-order valence-corrected chi connectivity index (χ0v) is 15.5. The van der Waals surface area contributed by atoms with Crippen LogP contribution in [0.2, 0.25) is 0 Å². The van der Waals surface area contributed by atoms with Gasteiger partial charge in [0.25, 0.3) is 5.91 Å². The van der Waals surface area contributed by atoms with E-state index in [2.05, 4.69) is 20.7 Å². The SMILES string of the molecule is COC(=O)c1ccc(NC(=O)CNc2cccc(C(=O)NC(C)C)c2)cc1. The van der Waals surface area contributed by atoms with E-state index in [1.54, 1.807) is 48.5 Å². The molecular formula is C20H23N3O4. The number of benzene rings is 2. The van der Waals surface area contributed by atoms with Gasteiger partial charge in [-0.25, -0.2) is 4.79 Å². The zero-order valence-electron chi connectivity index (χ0n) is 15.5. The lowest BCUT2D eigenvalue weighted by Gasteiger charge is -2.11. The number of amides is 2. The quantitative estimate of drug-likeness (QED) is 0.652. The smallest absolute Gasteiger partial charge is 0.337 e. The number of ether oxygens (including phenoxy) is 1. The fraction of sp³-hybridized carbons (Fsp3) is 0.250. The average Bonchev–Trinajstić information content (AvgIpc) is 2.66. The van der Waals surface area contributed by atoms with Crippen molar-refractivity contribution in [3.05, 3.63) is 59.7 Å². The summed E-state index contributed by atoms with van der Waals surface area (Å²) in [6, 6.07) is 13.4.